The maximum atomic E-state index is 5.55. The largest absolute Gasteiger partial charge is 0.350 e. The summed E-state index contributed by atoms with van der Waals surface area (Å²) < 4.78 is 5.55. The maximum Gasteiger partial charge on any atom is 0.193 e. The SMILES string of the molecule is CCCCC(CC)C(OCC)OOCC. The van der Waals surface area contributed by atoms with Crippen molar-refractivity contribution in [2.45, 2.75) is 59.7 Å². The van der Waals surface area contributed by atoms with E-state index in [1.807, 2.05) is 13.8 Å². The van der Waals surface area contributed by atoms with Gasteiger partial charge in [-0.05, 0) is 26.7 Å². The van der Waals surface area contributed by atoms with E-state index in [1.165, 1.54) is 12.8 Å². The normalized spacial score (nSPS) is 15.2. The second-order valence-electron chi connectivity index (χ2n) is 3.64. The molecule has 0 aliphatic carbocycles. The van der Waals surface area contributed by atoms with Crippen LogP contribution >= 0.6 is 0 Å². The van der Waals surface area contributed by atoms with Gasteiger partial charge in [-0.25, -0.2) is 9.78 Å². The van der Waals surface area contributed by atoms with Crippen LogP contribution in [-0.4, -0.2) is 19.5 Å². The fourth-order valence-corrected chi connectivity index (χ4v) is 1.54. The predicted octanol–water partition coefficient (Wildman–Crippen LogP) is 3.53. The molecule has 0 saturated carbocycles. The van der Waals surface area contributed by atoms with Gasteiger partial charge in [0.25, 0.3) is 0 Å². The van der Waals surface area contributed by atoms with Gasteiger partial charge in [-0.3, -0.25) is 0 Å². The van der Waals surface area contributed by atoms with E-state index in [4.69, 9.17) is 14.5 Å². The van der Waals surface area contributed by atoms with Crippen LogP contribution in [0.4, 0.5) is 0 Å². The number of hydrogen-bond acceptors (Lipinski definition) is 3. The maximum absolute atomic E-state index is 5.55. The average molecular weight is 218 g/mol. The molecule has 0 N–H and O–H groups in total. The zero-order chi connectivity index (χ0) is 11.5. The Bertz CT molecular complexity index is 128. The average Bonchev–Trinajstić information content (AvgIpc) is 2.26. The molecular weight excluding hydrogens is 192 g/mol. The molecular formula is C12H26O3. The van der Waals surface area contributed by atoms with Crippen LogP contribution in [0.15, 0.2) is 0 Å². The van der Waals surface area contributed by atoms with E-state index >= 15 is 0 Å². The molecule has 0 heterocycles. The number of hydrogen-bond donors (Lipinski definition) is 0. The third kappa shape index (κ3) is 6.88. The highest BCUT2D eigenvalue weighted by Gasteiger charge is 2.21. The first kappa shape index (κ1) is 14.9. The second kappa shape index (κ2) is 10.4. The summed E-state index contributed by atoms with van der Waals surface area (Å²) in [5.74, 6) is 0.441. The number of ether oxygens (including phenoxy) is 1. The van der Waals surface area contributed by atoms with Gasteiger partial charge in [0.05, 0.1) is 6.61 Å². The first-order valence-electron chi connectivity index (χ1n) is 6.19. The van der Waals surface area contributed by atoms with E-state index in [2.05, 4.69) is 13.8 Å². The molecule has 2 unspecified atom stereocenters. The van der Waals surface area contributed by atoms with Crippen LogP contribution in [0.1, 0.15) is 53.4 Å². The van der Waals surface area contributed by atoms with Crippen LogP contribution in [-0.2, 0) is 14.5 Å². The summed E-state index contributed by atoms with van der Waals surface area (Å²) in [5.41, 5.74) is 0. The molecule has 2 atom stereocenters. The van der Waals surface area contributed by atoms with E-state index in [9.17, 15) is 0 Å². The van der Waals surface area contributed by atoms with Crippen molar-refractivity contribution in [2.75, 3.05) is 13.2 Å². The van der Waals surface area contributed by atoms with Gasteiger partial charge in [0.2, 0.25) is 0 Å². The van der Waals surface area contributed by atoms with Crippen LogP contribution in [0.25, 0.3) is 0 Å². The minimum absolute atomic E-state index is 0.202. The topological polar surface area (TPSA) is 27.7 Å². The van der Waals surface area contributed by atoms with Gasteiger partial charge >= 0.3 is 0 Å². The van der Waals surface area contributed by atoms with Gasteiger partial charge in [-0.15, -0.1) is 0 Å². The molecule has 3 nitrogen and oxygen atoms in total. The van der Waals surface area contributed by atoms with Gasteiger partial charge in [0, 0.05) is 12.5 Å². The van der Waals surface area contributed by atoms with Crippen LogP contribution in [0.5, 0.6) is 0 Å². The van der Waals surface area contributed by atoms with Crippen LogP contribution in [0.3, 0.4) is 0 Å². The lowest BCUT2D eigenvalue weighted by Gasteiger charge is -2.24. The van der Waals surface area contributed by atoms with Crippen molar-refractivity contribution in [3.05, 3.63) is 0 Å². The molecule has 0 spiro atoms. The lowest BCUT2D eigenvalue weighted by atomic mass is 9.99. The monoisotopic (exact) mass is 218 g/mol. The molecule has 0 aromatic carbocycles. The quantitative estimate of drug-likeness (QED) is 0.319. The molecule has 0 fully saturated rings. The Labute approximate surface area is 94.0 Å². The van der Waals surface area contributed by atoms with Crippen molar-refractivity contribution >= 4 is 0 Å². The fraction of sp³-hybridized carbons (Fsp3) is 1.00. The second-order valence-corrected chi connectivity index (χ2v) is 3.64. The van der Waals surface area contributed by atoms with Crippen LogP contribution in [0, 0.1) is 5.92 Å². The van der Waals surface area contributed by atoms with Crippen LogP contribution < -0.4 is 0 Å². The summed E-state index contributed by atoms with van der Waals surface area (Å²) in [6.07, 6.45) is 4.44. The van der Waals surface area contributed by atoms with Gasteiger partial charge < -0.3 is 4.74 Å². The van der Waals surface area contributed by atoms with Gasteiger partial charge in [0.1, 0.15) is 0 Å². The Morgan fingerprint density at radius 1 is 1.00 bits per heavy atom. The third-order valence-corrected chi connectivity index (χ3v) is 2.45. The Hall–Kier alpha value is -0.120. The fourth-order valence-electron chi connectivity index (χ4n) is 1.54. The lowest BCUT2D eigenvalue weighted by Crippen LogP contribution is -2.27. The zero-order valence-electron chi connectivity index (χ0n) is 10.6. The smallest absolute Gasteiger partial charge is 0.193 e. The molecule has 0 radical (unpaired) electrons. The molecule has 0 saturated heterocycles. The number of unbranched alkanes of at least 4 members (excludes halogenated alkanes) is 1. The molecule has 0 aromatic rings. The highest BCUT2D eigenvalue weighted by atomic mass is 17.2. The van der Waals surface area contributed by atoms with E-state index in [0.29, 0.717) is 19.1 Å². The minimum Gasteiger partial charge on any atom is -0.350 e. The Kier molecular flexibility index (Phi) is 10.3. The van der Waals surface area contributed by atoms with Crippen molar-refractivity contribution in [3.63, 3.8) is 0 Å². The van der Waals surface area contributed by atoms with E-state index in [0.717, 1.165) is 12.8 Å². The van der Waals surface area contributed by atoms with Crippen molar-refractivity contribution in [1.82, 2.24) is 0 Å². The molecule has 0 aromatic heterocycles. The summed E-state index contributed by atoms with van der Waals surface area (Å²) in [7, 11) is 0. The summed E-state index contributed by atoms with van der Waals surface area (Å²) >= 11 is 0. The standard InChI is InChI=1S/C12H26O3/c1-5-9-10-11(6-2)12(13-7-3)15-14-8-4/h11-12H,5-10H2,1-4H3. The first-order chi connectivity index (χ1) is 7.29. The molecule has 0 aliphatic heterocycles. The molecule has 0 amide bonds. The zero-order valence-corrected chi connectivity index (χ0v) is 10.6. The molecule has 92 valence electrons. The summed E-state index contributed by atoms with van der Waals surface area (Å²) in [5, 5.41) is 0. The van der Waals surface area contributed by atoms with E-state index in [1.54, 1.807) is 0 Å². The summed E-state index contributed by atoms with van der Waals surface area (Å²) in [6.45, 7) is 9.49. The van der Waals surface area contributed by atoms with Crippen molar-refractivity contribution in [3.8, 4) is 0 Å². The highest BCUT2D eigenvalue weighted by Crippen LogP contribution is 2.20. The van der Waals surface area contributed by atoms with Crippen LogP contribution in [0.2, 0.25) is 0 Å². The Balaban J connectivity index is 4.00. The molecule has 0 bridgehead atoms. The minimum atomic E-state index is -0.202. The van der Waals surface area contributed by atoms with Gasteiger partial charge in [-0.1, -0.05) is 26.7 Å². The third-order valence-electron chi connectivity index (χ3n) is 2.45. The molecule has 0 rings (SSSR count). The van der Waals surface area contributed by atoms with E-state index < -0.39 is 0 Å². The summed E-state index contributed by atoms with van der Waals surface area (Å²) in [4.78, 5) is 10.2. The lowest BCUT2D eigenvalue weighted by molar-refractivity contribution is -0.388. The number of rotatable bonds is 10. The van der Waals surface area contributed by atoms with Crippen molar-refractivity contribution in [1.29, 1.82) is 0 Å². The predicted molar refractivity (Wildman–Crippen MR) is 61.4 cm³/mol. The highest BCUT2D eigenvalue weighted by molar-refractivity contribution is 4.60. The summed E-state index contributed by atoms with van der Waals surface area (Å²) in [6, 6.07) is 0. The van der Waals surface area contributed by atoms with E-state index in [-0.39, 0.29) is 6.29 Å². The van der Waals surface area contributed by atoms with Crippen molar-refractivity contribution in [2.24, 2.45) is 5.92 Å². The van der Waals surface area contributed by atoms with Gasteiger partial charge in [0.15, 0.2) is 6.29 Å². The molecule has 0 aliphatic rings. The molecule has 15 heavy (non-hydrogen) atoms. The van der Waals surface area contributed by atoms with Gasteiger partial charge in [-0.2, -0.15) is 0 Å². The Morgan fingerprint density at radius 3 is 2.20 bits per heavy atom. The first-order valence-corrected chi connectivity index (χ1v) is 6.19. The molecule has 3 heteroatoms. The Morgan fingerprint density at radius 2 is 1.73 bits per heavy atom. The van der Waals surface area contributed by atoms with Crippen molar-refractivity contribution < 1.29 is 14.5 Å².